The van der Waals surface area contributed by atoms with Crippen LogP contribution in [0.4, 0.5) is 0 Å². The average Bonchev–Trinajstić information content (AvgIpc) is 2.60. The van der Waals surface area contributed by atoms with Crippen LogP contribution in [0.25, 0.3) is 0 Å². The topological polar surface area (TPSA) is 120 Å². The first kappa shape index (κ1) is 19.6. The Kier molecular flexibility index (Phi) is 6.39. The van der Waals surface area contributed by atoms with Crippen LogP contribution < -0.4 is 20.5 Å². The minimum atomic E-state index is -3.79. The number of carbonyl (C=O) groups excluding carboxylic acids is 1. The van der Waals surface area contributed by atoms with E-state index < -0.39 is 15.9 Å². The SMILES string of the molecule is COCC1(CNS(=O)(=O)c2ccc(OC)c(C(N)=O)c2)CCNCC1. The third-order valence-corrected chi connectivity index (χ3v) is 5.90. The Morgan fingerprint density at radius 1 is 1.32 bits per heavy atom. The van der Waals surface area contributed by atoms with Gasteiger partial charge in [-0.2, -0.15) is 0 Å². The molecule has 140 valence electrons. The molecule has 4 N–H and O–H groups in total. The van der Waals surface area contributed by atoms with Crippen molar-refractivity contribution in [1.29, 1.82) is 0 Å². The number of sulfonamides is 1. The molecule has 2 rings (SSSR count). The highest BCUT2D eigenvalue weighted by Gasteiger charge is 2.33. The monoisotopic (exact) mass is 371 g/mol. The van der Waals surface area contributed by atoms with Gasteiger partial charge in [-0.1, -0.05) is 0 Å². The third-order valence-electron chi connectivity index (χ3n) is 4.50. The Bertz CT molecular complexity index is 709. The Morgan fingerprint density at radius 2 is 2.00 bits per heavy atom. The lowest BCUT2D eigenvalue weighted by atomic mass is 9.80. The van der Waals surface area contributed by atoms with Gasteiger partial charge in [0.25, 0.3) is 5.91 Å². The highest BCUT2D eigenvalue weighted by Crippen LogP contribution is 2.29. The fourth-order valence-electron chi connectivity index (χ4n) is 3.01. The van der Waals surface area contributed by atoms with Crippen molar-refractivity contribution in [2.75, 3.05) is 40.5 Å². The number of benzene rings is 1. The van der Waals surface area contributed by atoms with E-state index in [1.807, 2.05) is 0 Å². The van der Waals surface area contributed by atoms with E-state index in [4.69, 9.17) is 15.2 Å². The lowest BCUT2D eigenvalue weighted by Gasteiger charge is -2.37. The molecule has 1 aliphatic rings. The van der Waals surface area contributed by atoms with Gasteiger partial charge in [-0.05, 0) is 44.1 Å². The average molecular weight is 371 g/mol. The van der Waals surface area contributed by atoms with Gasteiger partial charge >= 0.3 is 0 Å². The summed E-state index contributed by atoms with van der Waals surface area (Å²) >= 11 is 0. The number of piperidine rings is 1. The van der Waals surface area contributed by atoms with Crippen LogP contribution in [0.15, 0.2) is 23.1 Å². The lowest BCUT2D eigenvalue weighted by molar-refractivity contribution is 0.0577. The molecule has 0 spiro atoms. The molecule has 8 nitrogen and oxygen atoms in total. The Balaban J connectivity index is 2.21. The number of rotatable bonds is 8. The zero-order valence-electron chi connectivity index (χ0n) is 14.5. The van der Waals surface area contributed by atoms with Crippen molar-refractivity contribution < 1.29 is 22.7 Å². The molecule has 1 aromatic carbocycles. The summed E-state index contributed by atoms with van der Waals surface area (Å²) in [5.74, 6) is -0.510. The van der Waals surface area contributed by atoms with Crippen LogP contribution in [-0.2, 0) is 14.8 Å². The van der Waals surface area contributed by atoms with Gasteiger partial charge in [-0.25, -0.2) is 13.1 Å². The fourth-order valence-corrected chi connectivity index (χ4v) is 4.20. The molecular formula is C16H25N3O5S. The minimum absolute atomic E-state index is 0.0244. The molecule has 1 aliphatic heterocycles. The van der Waals surface area contributed by atoms with Crippen molar-refractivity contribution in [3.8, 4) is 5.75 Å². The molecule has 0 aliphatic carbocycles. The molecule has 1 aromatic rings. The quantitative estimate of drug-likeness (QED) is 0.596. The molecule has 25 heavy (non-hydrogen) atoms. The van der Waals surface area contributed by atoms with Crippen LogP contribution in [0, 0.1) is 5.41 Å². The van der Waals surface area contributed by atoms with Crippen molar-refractivity contribution >= 4 is 15.9 Å². The van der Waals surface area contributed by atoms with Gasteiger partial charge in [-0.3, -0.25) is 4.79 Å². The van der Waals surface area contributed by atoms with Crippen molar-refractivity contribution in [3.05, 3.63) is 23.8 Å². The van der Waals surface area contributed by atoms with Crippen LogP contribution >= 0.6 is 0 Å². The van der Waals surface area contributed by atoms with E-state index in [1.165, 1.54) is 25.3 Å². The number of nitrogens with two attached hydrogens (primary N) is 1. The van der Waals surface area contributed by atoms with Gasteiger partial charge in [0.1, 0.15) is 5.75 Å². The number of hydrogen-bond acceptors (Lipinski definition) is 6. The van der Waals surface area contributed by atoms with Crippen LogP contribution in [0.5, 0.6) is 5.75 Å². The fraction of sp³-hybridized carbons (Fsp3) is 0.562. The second-order valence-corrected chi connectivity index (χ2v) is 8.00. The summed E-state index contributed by atoms with van der Waals surface area (Å²) in [6.07, 6.45) is 1.64. The summed E-state index contributed by atoms with van der Waals surface area (Å²) in [4.78, 5) is 11.5. The highest BCUT2D eigenvalue weighted by molar-refractivity contribution is 7.89. The van der Waals surface area contributed by atoms with Crippen LogP contribution in [0.1, 0.15) is 23.2 Å². The molecule has 0 radical (unpaired) electrons. The molecule has 0 saturated carbocycles. The summed E-state index contributed by atoms with van der Waals surface area (Å²) in [5.41, 5.74) is 5.08. The number of methoxy groups -OCH3 is 2. The first-order valence-electron chi connectivity index (χ1n) is 8.01. The Morgan fingerprint density at radius 3 is 2.56 bits per heavy atom. The molecule has 9 heteroatoms. The van der Waals surface area contributed by atoms with E-state index in [9.17, 15) is 13.2 Å². The summed E-state index contributed by atoms with van der Waals surface area (Å²) in [6, 6.07) is 4.04. The van der Waals surface area contributed by atoms with Gasteiger partial charge in [0.2, 0.25) is 10.0 Å². The summed E-state index contributed by atoms with van der Waals surface area (Å²) in [6.45, 7) is 2.38. The maximum absolute atomic E-state index is 12.6. The van der Waals surface area contributed by atoms with Gasteiger partial charge in [0.15, 0.2) is 0 Å². The zero-order valence-corrected chi connectivity index (χ0v) is 15.3. The lowest BCUT2D eigenvalue weighted by Crippen LogP contribution is -2.47. The number of carbonyl (C=O) groups is 1. The molecule has 1 amide bonds. The first-order valence-corrected chi connectivity index (χ1v) is 9.49. The standard InChI is InChI=1S/C16H25N3O5S/c1-23-11-16(5-7-18-8-6-16)10-19-25(21,22)12-3-4-14(24-2)13(9-12)15(17)20/h3-4,9,18-19H,5-8,10-11H2,1-2H3,(H2,17,20). The summed E-state index contributed by atoms with van der Waals surface area (Å²) in [7, 11) is -0.786. The number of nitrogens with one attached hydrogen (secondary N) is 2. The van der Waals surface area contributed by atoms with Crippen LogP contribution in [-0.4, -0.2) is 54.8 Å². The van der Waals surface area contributed by atoms with Gasteiger partial charge in [-0.15, -0.1) is 0 Å². The van der Waals surface area contributed by atoms with Crippen molar-refractivity contribution in [3.63, 3.8) is 0 Å². The first-order chi connectivity index (χ1) is 11.8. The molecule has 0 unspecified atom stereocenters. The van der Waals surface area contributed by atoms with Crippen LogP contribution in [0.3, 0.4) is 0 Å². The number of ether oxygens (including phenoxy) is 2. The van der Waals surface area contributed by atoms with Gasteiger partial charge in [0.05, 0.1) is 24.2 Å². The summed E-state index contributed by atoms with van der Waals surface area (Å²) in [5, 5.41) is 3.26. The normalized spacial score (nSPS) is 17.2. The Hall–Kier alpha value is -1.68. The predicted octanol–water partition coefficient (Wildman–Crippen LogP) is 0.0886. The number of amides is 1. The molecule has 0 aromatic heterocycles. The maximum Gasteiger partial charge on any atom is 0.252 e. The summed E-state index contributed by atoms with van der Waals surface area (Å²) < 4.78 is 38.3. The van der Waals surface area contributed by atoms with Gasteiger partial charge < -0.3 is 20.5 Å². The highest BCUT2D eigenvalue weighted by atomic mass is 32.2. The van der Waals surface area contributed by atoms with E-state index >= 15 is 0 Å². The number of primary amides is 1. The zero-order chi connectivity index (χ0) is 18.5. The predicted molar refractivity (Wildman–Crippen MR) is 93.1 cm³/mol. The largest absolute Gasteiger partial charge is 0.496 e. The molecule has 0 atom stereocenters. The molecule has 0 bridgehead atoms. The van der Waals surface area contributed by atoms with Crippen molar-refractivity contribution in [2.24, 2.45) is 11.1 Å². The molecular weight excluding hydrogens is 346 g/mol. The molecule has 1 saturated heterocycles. The molecule has 1 heterocycles. The third kappa shape index (κ3) is 4.69. The minimum Gasteiger partial charge on any atom is -0.496 e. The smallest absolute Gasteiger partial charge is 0.252 e. The van der Waals surface area contributed by atoms with Crippen molar-refractivity contribution in [1.82, 2.24) is 10.0 Å². The van der Waals surface area contributed by atoms with E-state index in [-0.39, 0.29) is 28.2 Å². The second-order valence-electron chi connectivity index (χ2n) is 6.23. The van der Waals surface area contributed by atoms with E-state index in [2.05, 4.69) is 10.0 Å². The second kappa shape index (κ2) is 8.13. The van der Waals surface area contributed by atoms with Crippen LogP contribution in [0.2, 0.25) is 0 Å². The number of hydrogen-bond donors (Lipinski definition) is 3. The van der Waals surface area contributed by atoms with E-state index in [1.54, 1.807) is 7.11 Å². The van der Waals surface area contributed by atoms with Crippen molar-refractivity contribution in [2.45, 2.75) is 17.7 Å². The van der Waals surface area contributed by atoms with E-state index in [0.29, 0.717) is 6.61 Å². The van der Waals surface area contributed by atoms with E-state index in [0.717, 1.165) is 25.9 Å². The Labute approximate surface area is 148 Å². The molecule has 1 fully saturated rings. The van der Waals surface area contributed by atoms with Gasteiger partial charge in [0, 0.05) is 19.1 Å². The maximum atomic E-state index is 12.6.